The average Bonchev–Trinajstić information content (AvgIpc) is 3.45. The van der Waals surface area contributed by atoms with Crippen molar-refractivity contribution in [2.75, 3.05) is 13.2 Å². The van der Waals surface area contributed by atoms with Gasteiger partial charge in [-0.05, 0) is 16.7 Å². The highest BCUT2D eigenvalue weighted by molar-refractivity contribution is 8.04. The Morgan fingerprint density at radius 1 is 0.711 bits per heavy atom. The molecule has 0 bridgehead atoms. The van der Waals surface area contributed by atoms with Crippen molar-refractivity contribution in [2.45, 2.75) is 69.6 Å². The smallest absolute Gasteiger partial charge is 0.106 e. The molecule has 0 unspecified atom stereocenters. The van der Waals surface area contributed by atoms with E-state index in [9.17, 15) is 0 Å². The van der Waals surface area contributed by atoms with Crippen molar-refractivity contribution in [1.29, 1.82) is 0 Å². The molecule has 0 aliphatic carbocycles. The average molecular weight is 530 g/mol. The van der Waals surface area contributed by atoms with Gasteiger partial charge in [-0.1, -0.05) is 118 Å². The van der Waals surface area contributed by atoms with Crippen LogP contribution in [0.5, 0.6) is 0 Å². The Balaban J connectivity index is 1.38. The first-order chi connectivity index (χ1) is 18.5. The number of thioether (sulfide) groups is 1. The van der Waals surface area contributed by atoms with Crippen molar-refractivity contribution in [3.05, 3.63) is 119 Å². The van der Waals surface area contributed by atoms with E-state index < -0.39 is 0 Å². The normalized spacial score (nSPS) is 23.4. The second kappa shape index (κ2) is 12.6. The highest BCUT2D eigenvalue weighted by Gasteiger charge is 2.54. The van der Waals surface area contributed by atoms with Gasteiger partial charge in [-0.3, -0.25) is 4.90 Å². The number of ether oxygens (including phenoxy) is 3. The molecule has 38 heavy (non-hydrogen) atoms. The van der Waals surface area contributed by atoms with Gasteiger partial charge in [-0.2, -0.15) is 0 Å². The minimum absolute atomic E-state index is 0.0900. The molecule has 3 aromatic rings. The fourth-order valence-electron chi connectivity index (χ4n) is 5.32. The van der Waals surface area contributed by atoms with Crippen molar-refractivity contribution < 1.29 is 14.2 Å². The number of fused-ring (bicyclic) bond motifs is 1. The van der Waals surface area contributed by atoms with E-state index in [2.05, 4.69) is 105 Å². The van der Waals surface area contributed by atoms with Crippen LogP contribution in [0.15, 0.2) is 102 Å². The van der Waals surface area contributed by atoms with Crippen LogP contribution in [0.1, 0.15) is 37.5 Å². The van der Waals surface area contributed by atoms with E-state index in [1.807, 2.05) is 30.0 Å². The molecule has 0 N–H and O–H groups in total. The molecule has 0 spiro atoms. The fourth-order valence-corrected chi connectivity index (χ4v) is 6.57. The third-order valence-corrected chi connectivity index (χ3v) is 8.24. The minimum Gasteiger partial charge on any atom is -0.375 e. The number of benzene rings is 3. The predicted molar refractivity (Wildman–Crippen MR) is 156 cm³/mol. The van der Waals surface area contributed by atoms with Crippen molar-refractivity contribution >= 4 is 11.8 Å². The summed E-state index contributed by atoms with van der Waals surface area (Å²) < 4.78 is 20.0. The Morgan fingerprint density at radius 2 is 1.21 bits per heavy atom. The second-order valence-electron chi connectivity index (χ2n) is 11.1. The lowest BCUT2D eigenvalue weighted by Gasteiger charge is -2.29. The number of hydrogen-bond donors (Lipinski definition) is 0. The summed E-state index contributed by atoms with van der Waals surface area (Å²) in [7, 11) is 0. The van der Waals surface area contributed by atoms with Crippen LogP contribution in [-0.2, 0) is 34.0 Å². The lowest BCUT2D eigenvalue weighted by Crippen LogP contribution is -2.41. The molecule has 0 amide bonds. The first kappa shape index (κ1) is 27.2. The highest BCUT2D eigenvalue weighted by Crippen LogP contribution is 2.45. The van der Waals surface area contributed by atoms with Crippen LogP contribution in [0.2, 0.25) is 0 Å². The van der Waals surface area contributed by atoms with Crippen LogP contribution in [0, 0.1) is 0 Å². The molecule has 5 rings (SSSR count). The largest absolute Gasteiger partial charge is 0.375 e. The van der Waals surface area contributed by atoms with Crippen LogP contribution in [0.4, 0.5) is 0 Å². The van der Waals surface area contributed by atoms with Gasteiger partial charge in [-0.25, -0.2) is 0 Å². The third kappa shape index (κ3) is 6.96. The van der Waals surface area contributed by atoms with Gasteiger partial charge in [0.2, 0.25) is 0 Å². The number of hydrogen-bond acceptors (Lipinski definition) is 5. The van der Waals surface area contributed by atoms with E-state index in [1.165, 1.54) is 21.6 Å². The molecule has 2 aliphatic rings. The first-order valence-corrected chi connectivity index (χ1v) is 14.4. The SMILES string of the molecule is CC(C)(C)SC1=CCN2[C@H]1[C@@H](OCc1ccccc1)[C@H](OCc1ccccc1)[C@@H]2COCc1ccccc1. The van der Waals surface area contributed by atoms with Crippen molar-refractivity contribution in [2.24, 2.45) is 0 Å². The molecule has 0 radical (unpaired) electrons. The van der Waals surface area contributed by atoms with Gasteiger partial charge >= 0.3 is 0 Å². The third-order valence-electron chi connectivity index (χ3n) is 6.99. The molecule has 3 aromatic carbocycles. The summed E-state index contributed by atoms with van der Waals surface area (Å²) in [5.41, 5.74) is 3.53. The first-order valence-electron chi connectivity index (χ1n) is 13.6. The molecule has 0 saturated carbocycles. The second-order valence-corrected chi connectivity index (χ2v) is 13.0. The zero-order valence-electron chi connectivity index (χ0n) is 22.7. The summed E-state index contributed by atoms with van der Waals surface area (Å²) in [5, 5.41) is 0. The molecule has 1 fully saturated rings. The van der Waals surface area contributed by atoms with Crippen LogP contribution in [-0.4, -0.2) is 47.1 Å². The van der Waals surface area contributed by atoms with Crippen LogP contribution in [0.3, 0.4) is 0 Å². The Hall–Kier alpha value is -2.41. The van der Waals surface area contributed by atoms with Gasteiger partial charge in [-0.15, -0.1) is 11.8 Å². The standard InChI is InChI=1S/C33H39NO3S/c1-33(2,3)38-29-19-20-34-28(24-35-21-25-13-7-4-8-14-25)31(36-22-26-15-9-5-10-16-26)32(30(29)34)37-23-27-17-11-6-12-18-27/h4-19,28,30-32H,20-24H2,1-3H3/t28-,30+,31+,32+/m0/s1. The van der Waals surface area contributed by atoms with Gasteiger partial charge in [0.25, 0.3) is 0 Å². The maximum atomic E-state index is 6.77. The zero-order valence-corrected chi connectivity index (χ0v) is 23.5. The van der Waals surface area contributed by atoms with Gasteiger partial charge < -0.3 is 14.2 Å². The predicted octanol–water partition coefficient (Wildman–Crippen LogP) is 6.86. The maximum absolute atomic E-state index is 6.77. The molecular formula is C33H39NO3S. The summed E-state index contributed by atoms with van der Waals surface area (Å²) >= 11 is 1.95. The molecule has 200 valence electrons. The molecule has 2 heterocycles. The van der Waals surface area contributed by atoms with E-state index in [0.717, 1.165) is 6.54 Å². The van der Waals surface area contributed by atoms with E-state index in [4.69, 9.17) is 14.2 Å². The van der Waals surface area contributed by atoms with E-state index in [-0.39, 0.29) is 29.0 Å². The molecule has 2 aliphatic heterocycles. The van der Waals surface area contributed by atoms with Crippen molar-refractivity contribution in [3.63, 3.8) is 0 Å². The number of nitrogens with zero attached hydrogens (tertiary/aromatic N) is 1. The summed E-state index contributed by atoms with van der Waals surface area (Å²) in [6.45, 7) is 10.0. The lowest BCUT2D eigenvalue weighted by molar-refractivity contribution is -0.0847. The molecule has 5 heteroatoms. The Labute approximate surface area is 232 Å². The molecule has 1 saturated heterocycles. The Kier molecular flexibility index (Phi) is 9.03. The molecular weight excluding hydrogens is 490 g/mol. The summed E-state index contributed by atoms with van der Waals surface area (Å²) in [5.74, 6) is 0. The summed E-state index contributed by atoms with van der Waals surface area (Å²) in [4.78, 5) is 3.93. The van der Waals surface area contributed by atoms with E-state index in [1.54, 1.807) is 0 Å². The van der Waals surface area contributed by atoms with Crippen LogP contribution in [0.25, 0.3) is 0 Å². The Morgan fingerprint density at radius 3 is 1.74 bits per heavy atom. The van der Waals surface area contributed by atoms with Crippen molar-refractivity contribution in [3.8, 4) is 0 Å². The van der Waals surface area contributed by atoms with Crippen LogP contribution >= 0.6 is 11.8 Å². The van der Waals surface area contributed by atoms with Gasteiger partial charge in [0.1, 0.15) is 12.2 Å². The lowest BCUT2D eigenvalue weighted by atomic mass is 10.1. The fraction of sp³-hybridized carbons (Fsp3) is 0.394. The van der Waals surface area contributed by atoms with Crippen LogP contribution < -0.4 is 0 Å². The minimum atomic E-state index is -0.107. The van der Waals surface area contributed by atoms with Gasteiger partial charge in [0, 0.05) is 16.2 Å². The topological polar surface area (TPSA) is 30.9 Å². The van der Waals surface area contributed by atoms with Gasteiger partial charge in [0.05, 0.1) is 38.5 Å². The van der Waals surface area contributed by atoms with E-state index in [0.29, 0.717) is 26.4 Å². The van der Waals surface area contributed by atoms with Crippen molar-refractivity contribution in [1.82, 2.24) is 4.90 Å². The Bertz CT molecular complexity index is 1160. The molecule has 0 aromatic heterocycles. The highest BCUT2D eigenvalue weighted by atomic mass is 32.2. The van der Waals surface area contributed by atoms with Gasteiger partial charge in [0.15, 0.2) is 0 Å². The maximum Gasteiger partial charge on any atom is 0.106 e. The molecule has 4 atom stereocenters. The van der Waals surface area contributed by atoms with E-state index >= 15 is 0 Å². The summed E-state index contributed by atoms with van der Waals surface area (Å²) in [6, 6.07) is 31.5. The monoisotopic (exact) mass is 529 g/mol. The summed E-state index contributed by atoms with van der Waals surface area (Å²) in [6.07, 6.45) is 2.19. The molecule has 4 nitrogen and oxygen atoms in total. The quantitative estimate of drug-likeness (QED) is 0.271. The number of rotatable bonds is 11. The zero-order chi connectivity index (χ0) is 26.4.